The molecule has 0 aliphatic carbocycles. The Labute approximate surface area is 196 Å². The highest BCUT2D eigenvalue weighted by atomic mass is 16.5. The first-order valence-electron chi connectivity index (χ1n) is 11.6. The van der Waals surface area contributed by atoms with Gasteiger partial charge in [0.15, 0.2) is 5.82 Å². The Kier molecular flexibility index (Phi) is 5.26. The van der Waals surface area contributed by atoms with Gasteiger partial charge in [-0.15, -0.1) is 5.10 Å². The second-order valence-corrected chi connectivity index (χ2v) is 8.84. The summed E-state index contributed by atoms with van der Waals surface area (Å²) in [6.07, 6.45) is 3.00. The lowest BCUT2D eigenvalue weighted by Gasteiger charge is -2.29. The van der Waals surface area contributed by atoms with Crippen LogP contribution in [0.15, 0.2) is 53.3 Å². The third-order valence-electron chi connectivity index (χ3n) is 6.81. The van der Waals surface area contributed by atoms with Gasteiger partial charge in [-0.1, -0.05) is 18.2 Å². The summed E-state index contributed by atoms with van der Waals surface area (Å²) in [4.78, 5) is 18.7. The van der Waals surface area contributed by atoms with Gasteiger partial charge in [0.25, 0.3) is 5.56 Å². The molecule has 0 unspecified atom stereocenters. The molecule has 0 saturated carbocycles. The number of tetrazole rings is 1. The number of hydrogen-bond donors (Lipinski definition) is 1. The molecule has 34 heavy (non-hydrogen) atoms. The van der Waals surface area contributed by atoms with Gasteiger partial charge in [-0.3, -0.25) is 4.79 Å². The number of para-hydroxylation sites is 1. The molecule has 0 amide bonds. The van der Waals surface area contributed by atoms with Gasteiger partial charge in [-0.2, -0.15) is 0 Å². The number of methoxy groups -OCH3 is 1. The highest BCUT2D eigenvalue weighted by molar-refractivity contribution is 5.81. The van der Waals surface area contributed by atoms with Gasteiger partial charge >= 0.3 is 0 Å². The summed E-state index contributed by atoms with van der Waals surface area (Å²) in [6, 6.07) is 15.4. The number of aromatic amines is 1. The van der Waals surface area contributed by atoms with Crippen molar-refractivity contribution in [2.45, 2.75) is 38.0 Å². The molecule has 1 saturated heterocycles. The Balaban J connectivity index is 1.51. The van der Waals surface area contributed by atoms with Crippen molar-refractivity contribution in [3.63, 3.8) is 0 Å². The molecule has 1 N–H and O–H groups in total. The summed E-state index contributed by atoms with van der Waals surface area (Å²) in [6.45, 7) is 2.09. The number of nitrogens with one attached hydrogen (secondary N) is 1. The van der Waals surface area contributed by atoms with E-state index >= 15 is 0 Å². The van der Waals surface area contributed by atoms with Crippen molar-refractivity contribution in [1.82, 2.24) is 25.2 Å². The zero-order valence-electron chi connectivity index (χ0n) is 19.0. The van der Waals surface area contributed by atoms with E-state index in [0.29, 0.717) is 17.9 Å². The molecular formula is C25H26N6O3. The van der Waals surface area contributed by atoms with E-state index in [2.05, 4.69) is 37.5 Å². The quantitative estimate of drug-likeness (QED) is 0.474. The first-order chi connectivity index (χ1) is 16.7. The summed E-state index contributed by atoms with van der Waals surface area (Å²) < 4.78 is 13.1. The molecule has 4 heterocycles. The molecule has 4 aromatic rings. The van der Waals surface area contributed by atoms with Crippen LogP contribution in [0.4, 0.5) is 5.69 Å². The zero-order valence-corrected chi connectivity index (χ0v) is 19.0. The van der Waals surface area contributed by atoms with Crippen LogP contribution in [0.2, 0.25) is 0 Å². The van der Waals surface area contributed by atoms with Crippen LogP contribution in [0, 0.1) is 0 Å². The van der Waals surface area contributed by atoms with Crippen LogP contribution >= 0.6 is 0 Å². The predicted octanol–water partition coefficient (Wildman–Crippen LogP) is 2.85. The van der Waals surface area contributed by atoms with Crippen LogP contribution in [-0.4, -0.2) is 51.6 Å². The van der Waals surface area contributed by atoms with Gasteiger partial charge in [0.1, 0.15) is 11.8 Å². The van der Waals surface area contributed by atoms with Crippen molar-refractivity contribution in [1.29, 1.82) is 0 Å². The number of hydrogen-bond acceptors (Lipinski definition) is 7. The first kappa shape index (κ1) is 20.9. The van der Waals surface area contributed by atoms with Gasteiger partial charge in [-0.05, 0) is 65.6 Å². The van der Waals surface area contributed by atoms with Crippen molar-refractivity contribution in [3.05, 3.63) is 75.8 Å². The number of nitrogens with zero attached hydrogens (tertiary/aromatic N) is 5. The van der Waals surface area contributed by atoms with E-state index in [-0.39, 0.29) is 11.7 Å². The third-order valence-corrected chi connectivity index (χ3v) is 6.81. The number of anilines is 1. The van der Waals surface area contributed by atoms with Crippen LogP contribution in [0.5, 0.6) is 5.75 Å². The van der Waals surface area contributed by atoms with E-state index in [1.807, 2.05) is 36.4 Å². The van der Waals surface area contributed by atoms with Crippen LogP contribution in [0.1, 0.15) is 35.8 Å². The van der Waals surface area contributed by atoms with Gasteiger partial charge < -0.3 is 19.4 Å². The SMILES string of the molecule is COc1ccc2[nH]c(=O)c([C@@H](c3nnnn3C[C@@H]3CCCO3)N3CCc4ccccc43)cc2c1. The van der Waals surface area contributed by atoms with E-state index in [1.165, 1.54) is 5.56 Å². The Hall–Kier alpha value is -3.72. The van der Waals surface area contributed by atoms with Gasteiger partial charge in [0, 0.05) is 35.3 Å². The molecular weight excluding hydrogens is 432 g/mol. The lowest BCUT2D eigenvalue weighted by atomic mass is 10.0. The molecule has 0 bridgehead atoms. The van der Waals surface area contributed by atoms with Crippen LogP contribution < -0.4 is 15.2 Å². The van der Waals surface area contributed by atoms with Crippen molar-refractivity contribution >= 4 is 16.6 Å². The third kappa shape index (κ3) is 3.62. The maximum absolute atomic E-state index is 13.4. The topological polar surface area (TPSA) is 98.2 Å². The minimum Gasteiger partial charge on any atom is -0.497 e. The summed E-state index contributed by atoms with van der Waals surface area (Å²) in [7, 11) is 1.64. The summed E-state index contributed by atoms with van der Waals surface area (Å²) in [5.74, 6) is 1.37. The lowest BCUT2D eigenvalue weighted by molar-refractivity contribution is 0.0924. The average Bonchev–Trinajstić information content (AvgIpc) is 3.62. The standard InChI is InChI=1S/C25H26N6O3/c1-33-18-8-9-21-17(13-18)14-20(25(32)26-21)23(30-11-10-16-5-2-3-7-22(16)30)24-27-28-29-31(24)15-19-6-4-12-34-19/h2-3,5,7-9,13-14,19,23H,4,6,10-12,15H2,1H3,(H,26,32)/t19-,23-/m0/s1. The minimum atomic E-state index is -0.445. The molecule has 0 spiro atoms. The second kappa shape index (κ2) is 8.57. The maximum Gasteiger partial charge on any atom is 0.254 e. The van der Waals surface area contributed by atoms with Gasteiger partial charge in [-0.25, -0.2) is 4.68 Å². The Morgan fingerprint density at radius 2 is 2.15 bits per heavy atom. The average molecular weight is 459 g/mol. The van der Waals surface area contributed by atoms with Crippen LogP contribution in [-0.2, 0) is 17.7 Å². The zero-order chi connectivity index (χ0) is 23.1. The highest BCUT2D eigenvalue weighted by Gasteiger charge is 2.35. The fourth-order valence-electron chi connectivity index (χ4n) is 5.13. The number of aromatic nitrogens is 5. The Bertz CT molecular complexity index is 1390. The number of pyridine rings is 1. The second-order valence-electron chi connectivity index (χ2n) is 8.84. The van der Waals surface area contributed by atoms with Crippen molar-refractivity contribution in [2.75, 3.05) is 25.2 Å². The van der Waals surface area contributed by atoms with E-state index in [9.17, 15) is 4.79 Å². The van der Waals surface area contributed by atoms with Gasteiger partial charge in [0.05, 0.1) is 19.8 Å². The molecule has 2 atom stereocenters. The molecule has 6 rings (SSSR count). The number of rotatable bonds is 6. The minimum absolute atomic E-state index is 0.0768. The van der Waals surface area contributed by atoms with Gasteiger partial charge in [0.2, 0.25) is 0 Å². The van der Waals surface area contributed by atoms with Crippen LogP contribution in [0.3, 0.4) is 0 Å². The normalized spacial score (nSPS) is 18.4. The van der Waals surface area contributed by atoms with Crippen molar-refractivity contribution < 1.29 is 9.47 Å². The predicted molar refractivity (Wildman–Crippen MR) is 127 cm³/mol. The lowest BCUT2D eigenvalue weighted by Crippen LogP contribution is -2.35. The van der Waals surface area contributed by atoms with E-state index in [0.717, 1.165) is 54.8 Å². The van der Waals surface area contributed by atoms with Crippen molar-refractivity contribution in [3.8, 4) is 5.75 Å². The Morgan fingerprint density at radius 3 is 3.00 bits per heavy atom. The summed E-state index contributed by atoms with van der Waals surface area (Å²) in [5.41, 5.74) is 3.56. The van der Waals surface area contributed by atoms with E-state index in [1.54, 1.807) is 11.8 Å². The molecule has 1 fully saturated rings. The molecule has 2 aromatic heterocycles. The maximum atomic E-state index is 13.4. The molecule has 0 radical (unpaired) electrons. The number of benzene rings is 2. The molecule has 9 nitrogen and oxygen atoms in total. The smallest absolute Gasteiger partial charge is 0.254 e. The monoisotopic (exact) mass is 458 g/mol. The summed E-state index contributed by atoms with van der Waals surface area (Å²) in [5, 5.41) is 13.6. The largest absolute Gasteiger partial charge is 0.497 e. The van der Waals surface area contributed by atoms with E-state index in [4.69, 9.17) is 9.47 Å². The fraction of sp³-hybridized carbons (Fsp3) is 0.360. The molecule has 2 aliphatic rings. The Morgan fingerprint density at radius 1 is 1.24 bits per heavy atom. The fourth-order valence-corrected chi connectivity index (χ4v) is 5.13. The molecule has 9 heteroatoms. The number of fused-ring (bicyclic) bond motifs is 2. The highest BCUT2D eigenvalue weighted by Crippen LogP contribution is 2.37. The molecule has 2 aliphatic heterocycles. The van der Waals surface area contributed by atoms with E-state index < -0.39 is 6.04 Å². The molecule has 174 valence electrons. The number of H-pyrrole nitrogens is 1. The summed E-state index contributed by atoms with van der Waals surface area (Å²) >= 11 is 0. The van der Waals surface area contributed by atoms with Crippen LogP contribution in [0.25, 0.3) is 10.9 Å². The first-order valence-corrected chi connectivity index (χ1v) is 11.6. The van der Waals surface area contributed by atoms with Crippen molar-refractivity contribution in [2.24, 2.45) is 0 Å². The number of ether oxygens (including phenoxy) is 2. The molecule has 2 aromatic carbocycles.